The molecule has 1 unspecified atom stereocenters. The number of alkyl halides is 1. The van der Waals surface area contributed by atoms with E-state index >= 15 is 0 Å². The second-order valence-corrected chi connectivity index (χ2v) is 6.60. The molecular weight excluding hydrogens is 378 g/mol. The second kappa shape index (κ2) is 5.59. The molecule has 0 spiro atoms. The largest absolute Gasteiger partial charge is 0.295 e. The maximum atomic E-state index is 13.9. The number of rotatable bonds is 2. The monoisotopic (exact) mass is 386 g/mol. The Hall–Kier alpha value is -1.10. The van der Waals surface area contributed by atoms with Crippen molar-refractivity contribution in [3.8, 4) is 5.69 Å². The number of imidazole rings is 1. The lowest BCUT2D eigenvalue weighted by atomic mass is 10.2. The lowest BCUT2D eigenvalue weighted by molar-refractivity contribution is 0.622. The molecule has 0 bridgehead atoms. The molecular formula is C15H10BrCl2FN2. The normalized spacial score (nSPS) is 12.8. The SMILES string of the molecule is CC(Cl)c1nc2cc(Br)c(F)cc2n1-c1ccc(Cl)cc1. The first-order valence-electron chi connectivity index (χ1n) is 6.25. The van der Waals surface area contributed by atoms with E-state index in [1.807, 2.05) is 23.6 Å². The highest BCUT2D eigenvalue weighted by atomic mass is 79.9. The summed E-state index contributed by atoms with van der Waals surface area (Å²) in [7, 11) is 0. The van der Waals surface area contributed by atoms with Gasteiger partial charge in [-0.2, -0.15) is 0 Å². The van der Waals surface area contributed by atoms with Crippen LogP contribution in [0.25, 0.3) is 16.7 Å². The molecule has 0 aliphatic rings. The Kier molecular flexibility index (Phi) is 3.95. The zero-order valence-electron chi connectivity index (χ0n) is 10.9. The van der Waals surface area contributed by atoms with Gasteiger partial charge in [0.25, 0.3) is 0 Å². The van der Waals surface area contributed by atoms with Crippen LogP contribution in [0.5, 0.6) is 0 Å². The Morgan fingerprint density at radius 3 is 2.52 bits per heavy atom. The number of benzene rings is 2. The maximum absolute atomic E-state index is 13.9. The Labute approximate surface area is 139 Å². The van der Waals surface area contributed by atoms with Crippen molar-refractivity contribution in [3.63, 3.8) is 0 Å². The van der Waals surface area contributed by atoms with Gasteiger partial charge in [-0.1, -0.05) is 11.6 Å². The van der Waals surface area contributed by atoms with Gasteiger partial charge in [0.1, 0.15) is 11.6 Å². The zero-order chi connectivity index (χ0) is 15.1. The summed E-state index contributed by atoms with van der Waals surface area (Å²) in [5.74, 6) is 0.317. The van der Waals surface area contributed by atoms with Crippen molar-refractivity contribution >= 4 is 50.2 Å². The topological polar surface area (TPSA) is 17.8 Å². The molecule has 2 aromatic carbocycles. The Morgan fingerprint density at radius 1 is 1.24 bits per heavy atom. The molecule has 3 rings (SSSR count). The summed E-state index contributed by atoms with van der Waals surface area (Å²) < 4.78 is 16.1. The van der Waals surface area contributed by atoms with Gasteiger partial charge in [0, 0.05) is 16.8 Å². The van der Waals surface area contributed by atoms with Gasteiger partial charge >= 0.3 is 0 Å². The van der Waals surface area contributed by atoms with Gasteiger partial charge in [-0.05, 0) is 53.2 Å². The number of hydrogen-bond donors (Lipinski definition) is 0. The van der Waals surface area contributed by atoms with E-state index in [2.05, 4.69) is 20.9 Å². The van der Waals surface area contributed by atoms with Gasteiger partial charge in [0.2, 0.25) is 0 Å². The van der Waals surface area contributed by atoms with Crippen molar-refractivity contribution in [1.29, 1.82) is 0 Å². The molecule has 0 aliphatic heterocycles. The van der Waals surface area contributed by atoms with E-state index in [1.54, 1.807) is 18.2 Å². The molecule has 21 heavy (non-hydrogen) atoms. The van der Waals surface area contributed by atoms with E-state index < -0.39 is 0 Å². The molecule has 0 radical (unpaired) electrons. The van der Waals surface area contributed by atoms with Gasteiger partial charge in [-0.15, -0.1) is 11.6 Å². The van der Waals surface area contributed by atoms with E-state index in [1.165, 1.54) is 6.07 Å². The maximum Gasteiger partial charge on any atom is 0.139 e. The molecule has 1 aromatic heterocycles. The Balaban J connectivity index is 2.35. The van der Waals surface area contributed by atoms with Crippen molar-refractivity contribution in [1.82, 2.24) is 9.55 Å². The molecule has 1 heterocycles. The van der Waals surface area contributed by atoms with Crippen LogP contribution < -0.4 is 0 Å². The van der Waals surface area contributed by atoms with Crippen LogP contribution in [0.1, 0.15) is 18.1 Å². The van der Waals surface area contributed by atoms with Gasteiger partial charge in [-0.25, -0.2) is 9.37 Å². The van der Waals surface area contributed by atoms with Gasteiger partial charge in [0.05, 0.1) is 20.9 Å². The summed E-state index contributed by atoms with van der Waals surface area (Å²) in [6.45, 7) is 1.83. The molecule has 108 valence electrons. The van der Waals surface area contributed by atoms with Crippen LogP contribution in [0.3, 0.4) is 0 Å². The quantitative estimate of drug-likeness (QED) is 0.502. The zero-order valence-corrected chi connectivity index (χ0v) is 14.0. The van der Waals surface area contributed by atoms with E-state index in [0.717, 1.165) is 5.69 Å². The fraction of sp³-hybridized carbons (Fsp3) is 0.133. The van der Waals surface area contributed by atoms with Crippen LogP contribution in [-0.4, -0.2) is 9.55 Å². The predicted octanol–water partition coefficient (Wildman–Crippen LogP) is 5.88. The molecule has 6 heteroatoms. The summed E-state index contributed by atoms with van der Waals surface area (Å²) >= 11 is 15.3. The average molecular weight is 388 g/mol. The minimum Gasteiger partial charge on any atom is -0.295 e. The van der Waals surface area contributed by atoms with Gasteiger partial charge in [-0.3, -0.25) is 4.57 Å². The van der Waals surface area contributed by atoms with Crippen LogP contribution in [0.2, 0.25) is 5.02 Å². The average Bonchev–Trinajstić information content (AvgIpc) is 2.79. The van der Waals surface area contributed by atoms with Crippen molar-refractivity contribution in [2.45, 2.75) is 12.3 Å². The van der Waals surface area contributed by atoms with E-state index in [-0.39, 0.29) is 11.2 Å². The molecule has 1 atom stereocenters. The molecule has 0 N–H and O–H groups in total. The van der Waals surface area contributed by atoms with Crippen LogP contribution >= 0.6 is 39.1 Å². The van der Waals surface area contributed by atoms with Crippen molar-refractivity contribution < 1.29 is 4.39 Å². The highest BCUT2D eigenvalue weighted by Crippen LogP contribution is 2.31. The van der Waals surface area contributed by atoms with Crippen LogP contribution in [-0.2, 0) is 0 Å². The van der Waals surface area contributed by atoms with Crippen LogP contribution in [0, 0.1) is 5.82 Å². The van der Waals surface area contributed by atoms with Gasteiger partial charge in [0.15, 0.2) is 0 Å². The molecule has 0 saturated carbocycles. The number of fused-ring (bicyclic) bond motifs is 1. The summed E-state index contributed by atoms with van der Waals surface area (Å²) in [5, 5.41) is 0.326. The molecule has 2 nitrogen and oxygen atoms in total. The summed E-state index contributed by atoms with van der Waals surface area (Å²) in [4.78, 5) is 4.51. The van der Waals surface area contributed by atoms with E-state index in [0.29, 0.717) is 26.4 Å². The Morgan fingerprint density at radius 2 is 1.90 bits per heavy atom. The third kappa shape index (κ3) is 2.68. The molecule has 0 saturated heterocycles. The highest BCUT2D eigenvalue weighted by molar-refractivity contribution is 9.10. The molecule has 0 amide bonds. The van der Waals surface area contributed by atoms with Crippen LogP contribution in [0.15, 0.2) is 40.9 Å². The fourth-order valence-corrected chi connectivity index (χ4v) is 2.82. The first-order valence-corrected chi connectivity index (χ1v) is 7.85. The first kappa shape index (κ1) is 14.8. The first-order chi connectivity index (χ1) is 9.97. The van der Waals surface area contributed by atoms with Crippen molar-refractivity contribution in [3.05, 3.63) is 57.5 Å². The highest BCUT2D eigenvalue weighted by Gasteiger charge is 2.18. The minimum absolute atomic E-state index is 0.310. The molecule has 0 fully saturated rings. The standard InChI is InChI=1S/C15H10BrCl2FN2/c1-8(17)15-20-13-6-11(16)12(19)7-14(13)21(15)10-4-2-9(18)3-5-10/h2-8H,1H3. The molecule has 3 aromatic rings. The number of halogens is 4. The number of nitrogens with zero attached hydrogens (tertiary/aromatic N) is 2. The van der Waals surface area contributed by atoms with Crippen molar-refractivity contribution in [2.75, 3.05) is 0 Å². The summed E-state index contributed by atoms with van der Waals surface area (Å²) in [6, 6.07) is 10.4. The summed E-state index contributed by atoms with van der Waals surface area (Å²) in [5.41, 5.74) is 2.19. The fourth-order valence-electron chi connectivity index (χ4n) is 2.22. The lowest BCUT2D eigenvalue weighted by Gasteiger charge is -2.10. The third-order valence-corrected chi connectivity index (χ3v) is 4.22. The Bertz CT molecular complexity index is 813. The number of hydrogen-bond acceptors (Lipinski definition) is 1. The number of aromatic nitrogens is 2. The lowest BCUT2D eigenvalue weighted by Crippen LogP contribution is -2.01. The smallest absolute Gasteiger partial charge is 0.139 e. The minimum atomic E-state index is -0.341. The summed E-state index contributed by atoms with van der Waals surface area (Å²) in [6.07, 6.45) is 0. The van der Waals surface area contributed by atoms with Crippen molar-refractivity contribution in [2.24, 2.45) is 0 Å². The van der Waals surface area contributed by atoms with E-state index in [4.69, 9.17) is 23.2 Å². The van der Waals surface area contributed by atoms with Crippen LogP contribution in [0.4, 0.5) is 4.39 Å². The second-order valence-electron chi connectivity index (χ2n) is 4.65. The third-order valence-electron chi connectivity index (χ3n) is 3.16. The van der Waals surface area contributed by atoms with E-state index in [9.17, 15) is 4.39 Å². The predicted molar refractivity (Wildman–Crippen MR) is 88.0 cm³/mol. The van der Waals surface area contributed by atoms with Gasteiger partial charge < -0.3 is 0 Å². The molecule has 0 aliphatic carbocycles.